The average molecular weight is 406 g/mol. The van der Waals surface area contributed by atoms with Crippen LogP contribution in [-0.2, 0) is 23.9 Å². The van der Waals surface area contributed by atoms with Gasteiger partial charge < -0.3 is 20.1 Å². The van der Waals surface area contributed by atoms with Crippen LogP contribution < -0.4 is 10.6 Å². The third-order valence-electron chi connectivity index (χ3n) is 3.54. The van der Waals surface area contributed by atoms with Gasteiger partial charge in [-0.15, -0.1) is 0 Å². The summed E-state index contributed by atoms with van der Waals surface area (Å²) in [7, 11) is 1.21. The molecule has 0 aliphatic heterocycles. The van der Waals surface area contributed by atoms with Crippen LogP contribution in [0.5, 0.6) is 0 Å². The molecule has 0 unspecified atom stereocenters. The third-order valence-corrected chi connectivity index (χ3v) is 3.54. The first kappa shape index (κ1) is 23.8. The first-order valence-electron chi connectivity index (χ1n) is 8.98. The van der Waals surface area contributed by atoms with Crippen LogP contribution in [0.4, 0.5) is 4.79 Å². The zero-order valence-electron chi connectivity index (χ0n) is 16.9. The topological polar surface area (TPSA) is 128 Å². The summed E-state index contributed by atoms with van der Waals surface area (Å²) in [6.07, 6.45) is -1.18. The smallest absolute Gasteiger partial charge is 0.408 e. The number of ether oxygens (including phenoxy) is 2. The number of esters is 1. The maximum Gasteiger partial charge on any atom is 0.408 e. The highest BCUT2D eigenvalue weighted by Crippen LogP contribution is 2.09. The summed E-state index contributed by atoms with van der Waals surface area (Å²) < 4.78 is 9.55. The molecule has 1 rings (SSSR count). The molecule has 1 aromatic rings. The molecule has 0 aliphatic rings. The Morgan fingerprint density at radius 3 is 2.17 bits per heavy atom. The molecule has 2 amide bonds. The van der Waals surface area contributed by atoms with E-state index in [0.717, 1.165) is 0 Å². The van der Waals surface area contributed by atoms with Crippen LogP contribution in [0.1, 0.15) is 44.0 Å². The Bertz CT molecular complexity index is 754. The molecule has 29 heavy (non-hydrogen) atoms. The fourth-order valence-corrected chi connectivity index (χ4v) is 2.16. The van der Waals surface area contributed by atoms with Crippen molar-refractivity contribution < 1.29 is 33.4 Å². The zero-order chi connectivity index (χ0) is 22.0. The van der Waals surface area contributed by atoms with Crippen LogP contribution in [-0.4, -0.2) is 54.8 Å². The molecule has 0 bridgehead atoms. The fraction of sp³-hybridized carbons (Fsp3) is 0.450. The van der Waals surface area contributed by atoms with Crippen molar-refractivity contribution in [3.05, 3.63) is 35.9 Å². The van der Waals surface area contributed by atoms with Crippen molar-refractivity contribution >= 4 is 29.5 Å². The zero-order valence-corrected chi connectivity index (χ0v) is 16.9. The van der Waals surface area contributed by atoms with Crippen molar-refractivity contribution in [2.24, 2.45) is 0 Å². The lowest BCUT2D eigenvalue weighted by molar-refractivity contribution is -0.141. The minimum absolute atomic E-state index is 0.117. The Hall–Kier alpha value is -3.23. The minimum Gasteiger partial charge on any atom is -0.469 e. The van der Waals surface area contributed by atoms with Gasteiger partial charge in [0, 0.05) is 12.0 Å². The number of nitrogens with one attached hydrogen (secondary N) is 2. The molecular weight excluding hydrogens is 380 g/mol. The van der Waals surface area contributed by atoms with Gasteiger partial charge in [0.15, 0.2) is 17.6 Å². The highest BCUT2D eigenvalue weighted by Gasteiger charge is 2.31. The second-order valence-electron chi connectivity index (χ2n) is 7.14. The number of hydrogen-bond acceptors (Lipinski definition) is 7. The number of methoxy groups -OCH3 is 1. The van der Waals surface area contributed by atoms with Crippen molar-refractivity contribution in [1.29, 1.82) is 0 Å². The van der Waals surface area contributed by atoms with Crippen molar-refractivity contribution in [2.45, 2.75) is 45.3 Å². The number of carbonyl (C=O) groups excluding carboxylic acids is 5. The van der Waals surface area contributed by atoms with E-state index in [4.69, 9.17) is 4.74 Å². The highest BCUT2D eigenvalue weighted by atomic mass is 16.6. The fourth-order valence-electron chi connectivity index (χ4n) is 2.16. The number of alkyl carbamates (subject to hydrolysis) is 1. The van der Waals surface area contributed by atoms with Crippen LogP contribution in [0.2, 0.25) is 0 Å². The Kier molecular flexibility index (Phi) is 8.98. The molecule has 158 valence electrons. The summed E-state index contributed by atoms with van der Waals surface area (Å²) >= 11 is 0. The van der Waals surface area contributed by atoms with Crippen molar-refractivity contribution in [1.82, 2.24) is 10.6 Å². The number of benzene rings is 1. The van der Waals surface area contributed by atoms with Gasteiger partial charge >= 0.3 is 12.1 Å². The molecule has 1 atom stereocenters. The monoisotopic (exact) mass is 406 g/mol. The molecule has 1 aromatic carbocycles. The Labute approximate surface area is 169 Å². The van der Waals surface area contributed by atoms with Crippen LogP contribution in [0.3, 0.4) is 0 Å². The van der Waals surface area contributed by atoms with Crippen LogP contribution in [0.15, 0.2) is 30.3 Å². The summed E-state index contributed by atoms with van der Waals surface area (Å²) in [5.74, 6) is -2.49. The highest BCUT2D eigenvalue weighted by molar-refractivity contribution is 6.15. The van der Waals surface area contributed by atoms with Gasteiger partial charge in [0.05, 0.1) is 20.1 Å². The minimum atomic E-state index is -1.58. The van der Waals surface area contributed by atoms with Gasteiger partial charge in [0.25, 0.3) is 5.91 Å². The molecule has 0 heterocycles. The molecule has 0 aromatic heterocycles. The van der Waals surface area contributed by atoms with Gasteiger partial charge in [-0.3, -0.25) is 19.2 Å². The Balaban J connectivity index is 2.82. The predicted molar refractivity (Wildman–Crippen MR) is 103 cm³/mol. The van der Waals surface area contributed by atoms with Gasteiger partial charge in [-0.2, -0.15) is 0 Å². The summed E-state index contributed by atoms with van der Waals surface area (Å²) in [6, 6.07) is 6.35. The molecule has 0 spiro atoms. The van der Waals surface area contributed by atoms with E-state index in [9.17, 15) is 24.0 Å². The number of Topliss-reactive ketones (excluding diaryl/α,β-unsaturated/α-hetero) is 2. The maximum atomic E-state index is 12.7. The second-order valence-corrected chi connectivity index (χ2v) is 7.14. The van der Waals surface area contributed by atoms with E-state index in [0.29, 0.717) is 0 Å². The lowest BCUT2D eigenvalue weighted by Gasteiger charge is -2.22. The van der Waals surface area contributed by atoms with Crippen molar-refractivity contribution in [3.63, 3.8) is 0 Å². The Morgan fingerprint density at radius 2 is 1.62 bits per heavy atom. The number of rotatable bonds is 9. The molecule has 0 aliphatic carbocycles. The first-order chi connectivity index (χ1) is 13.5. The third kappa shape index (κ3) is 9.00. The van der Waals surface area contributed by atoms with Crippen molar-refractivity contribution in [3.8, 4) is 0 Å². The normalized spacial score (nSPS) is 11.7. The van der Waals surface area contributed by atoms with Crippen molar-refractivity contribution in [2.75, 3.05) is 13.7 Å². The average Bonchev–Trinajstić information content (AvgIpc) is 2.67. The number of carbonyl (C=O) groups is 5. The van der Waals surface area contributed by atoms with Crippen LogP contribution >= 0.6 is 0 Å². The van der Waals surface area contributed by atoms with Crippen LogP contribution in [0, 0.1) is 0 Å². The van der Waals surface area contributed by atoms with E-state index in [1.807, 2.05) is 0 Å². The molecule has 2 N–H and O–H groups in total. The van der Waals surface area contributed by atoms with E-state index in [2.05, 4.69) is 15.4 Å². The quantitative estimate of drug-likeness (QED) is 0.360. The van der Waals surface area contributed by atoms with Gasteiger partial charge in [-0.1, -0.05) is 30.3 Å². The first-order valence-corrected chi connectivity index (χ1v) is 8.98. The largest absolute Gasteiger partial charge is 0.469 e. The maximum absolute atomic E-state index is 12.7. The summed E-state index contributed by atoms with van der Waals surface area (Å²) in [4.78, 5) is 60.2. The molecule has 9 heteroatoms. The molecule has 0 saturated heterocycles. The van der Waals surface area contributed by atoms with E-state index in [1.165, 1.54) is 19.2 Å². The molecule has 0 fully saturated rings. The standard InChI is InChI=1S/C20H26N2O7/c1-20(2,3)29-19(27)22-16(17(25)13-8-6-5-7-9-13)18(26)21-12-14(23)10-11-15(24)28-4/h5-9,16H,10-12H2,1-4H3,(H,21,26)(H,22,27)/t16-/m0/s1. The summed E-state index contributed by atoms with van der Waals surface area (Å²) in [6.45, 7) is 4.52. The SMILES string of the molecule is COC(=O)CCC(=O)CNC(=O)[C@@H](NC(=O)OC(C)(C)C)C(=O)c1ccccc1. The van der Waals surface area contributed by atoms with E-state index in [1.54, 1.807) is 39.0 Å². The number of hydrogen-bond donors (Lipinski definition) is 2. The summed E-state index contributed by atoms with van der Waals surface area (Å²) in [5, 5.41) is 4.56. The van der Waals surface area contributed by atoms with E-state index < -0.39 is 47.7 Å². The predicted octanol–water partition coefficient (Wildman–Crippen LogP) is 1.40. The van der Waals surface area contributed by atoms with E-state index in [-0.39, 0.29) is 18.4 Å². The van der Waals surface area contributed by atoms with Gasteiger partial charge in [0.1, 0.15) is 5.60 Å². The second kappa shape index (κ2) is 10.9. The Morgan fingerprint density at radius 1 is 1.00 bits per heavy atom. The number of ketones is 2. The molecule has 0 radical (unpaired) electrons. The summed E-state index contributed by atoms with van der Waals surface area (Å²) in [5.41, 5.74) is -0.620. The molecule has 0 saturated carbocycles. The molecular formula is C20H26N2O7. The molecule has 9 nitrogen and oxygen atoms in total. The lowest BCUT2D eigenvalue weighted by Crippen LogP contribution is -2.53. The number of amides is 2. The lowest BCUT2D eigenvalue weighted by atomic mass is 10.0. The van der Waals surface area contributed by atoms with Crippen LogP contribution in [0.25, 0.3) is 0 Å². The van der Waals surface area contributed by atoms with Gasteiger partial charge in [-0.25, -0.2) is 4.79 Å². The van der Waals surface area contributed by atoms with Gasteiger partial charge in [-0.05, 0) is 20.8 Å². The van der Waals surface area contributed by atoms with E-state index >= 15 is 0 Å². The van der Waals surface area contributed by atoms with Gasteiger partial charge in [0.2, 0.25) is 0 Å².